The number of hydrogen-bond donors (Lipinski definition) is 3. The molecule has 9 heteroatoms. The largest absolute Gasteiger partial charge is 0.471 e. The van der Waals surface area contributed by atoms with Gasteiger partial charge < -0.3 is 15.6 Å². The molecule has 0 fully saturated rings. The molecular weight excluding hydrogens is 273 g/mol. The average Bonchev–Trinajstić information content (AvgIpc) is 2.81. The van der Waals surface area contributed by atoms with Crippen molar-refractivity contribution < 1.29 is 28.3 Å². The fourth-order valence-electron chi connectivity index (χ4n) is 1.72. The molecule has 0 aromatic carbocycles. The Hall–Kier alpha value is -1.61. The molecule has 0 aliphatic heterocycles. The number of carbonyl (C=O) groups is 1. The molecule has 0 unspecified atom stereocenters. The Labute approximate surface area is 103 Å². The maximum absolute atomic E-state index is 12.1. The third-order valence-corrected chi connectivity index (χ3v) is 3.46. The van der Waals surface area contributed by atoms with Gasteiger partial charge >= 0.3 is 12.1 Å². The van der Waals surface area contributed by atoms with Crippen LogP contribution in [0.25, 0.3) is 0 Å². The number of nitrogens with zero attached hydrogens (tertiary/aromatic N) is 1. The molecule has 1 amide bonds. The molecule has 1 aliphatic rings. The number of fused-ring (bicyclic) bond motifs is 1. The SMILES string of the molecule is O=C(N[C@@H]1c2ccsc2/C(=N\O)[C@H]1O)C(F)(F)F. The van der Waals surface area contributed by atoms with E-state index in [0.29, 0.717) is 10.4 Å². The zero-order valence-electron chi connectivity index (χ0n) is 8.60. The summed E-state index contributed by atoms with van der Waals surface area (Å²) in [7, 11) is 0. The Balaban J connectivity index is 2.29. The Kier molecular flexibility index (Phi) is 3.03. The second-order valence-electron chi connectivity index (χ2n) is 3.58. The minimum absolute atomic E-state index is 0.146. The van der Waals surface area contributed by atoms with Crippen LogP contribution in [-0.2, 0) is 4.79 Å². The first-order valence-corrected chi connectivity index (χ1v) is 5.59. The summed E-state index contributed by atoms with van der Waals surface area (Å²) in [5.41, 5.74) is 0.158. The van der Waals surface area contributed by atoms with Crippen LogP contribution in [0.3, 0.4) is 0 Å². The highest BCUT2D eigenvalue weighted by molar-refractivity contribution is 7.12. The van der Waals surface area contributed by atoms with Crippen molar-refractivity contribution in [1.29, 1.82) is 0 Å². The van der Waals surface area contributed by atoms with Gasteiger partial charge in [0.25, 0.3) is 0 Å². The summed E-state index contributed by atoms with van der Waals surface area (Å²) < 4.78 is 36.4. The summed E-state index contributed by atoms with van der Waals surface area (Å²) in [5, 5.41) is 24.5. The molecule has 98 valence electrons. The predicted molar refractivity (Wildman–Crippen MR) is 55.6 cm³/mol. The van der Waals surface area contributed by atoms with Gasteiger partial charge in [-0.3, -0.25) is 4.79 Å². The lowest BCUT2D eigenvalue weighted by molar-refractivity contribution is -0.174. The van der Waals surface area contributed by atoms with Crippen LogP contribution in [0.5, 0.6) is 0 Å². The van der Waals surface area contributed by atoms with E-state index in [1.807, 2.05) is 0 Å². The second-order valence-corrected chi connectivity index (χ2v) is 4.50. The highest BCUT2D eigenvalue weighted by atomic mass is 32.1. The zero-order valence-corrected chi connectivity index (χ0v) is 9.42. The van der Waals surface area contributed by atoms with E-state index in [0.717, 1.165) is 11.3 Å². The van der Waals surface area contributed by atoms with Crippen LogP contribution in [0.15, 0.2) is 16.6 Å². The summed E-state index contributed by atoms with van der Waals surface area (Å²) in [6, 6.07) is 0.203. The van der Waals surface area contributed by atoms with Crippen LogP contribution in [0, 0.1) is 0 Å². The number of aliphatic hydroxyl groups excluding tert-OH is 1. The second kappa shape index (κ2) is 4.25. The molecule has 1 aromatic rings. The topological polar surface area (TPSA) is 81.9 Å². The van der Waals surface area contributed by atoms with Crippen molar-refractivity contribution in [3.63, 3.8) is 0 Å². The highest BCUT2D eigenvalue weighted by Crippen LogP contribution is 2.36. The molecule has 1 aromatic heterocycles. The van der Waals surface area contributed by atoms with Gasteiger partial charge in [-0.25, -0.2) is 0 Å². The highest BCUT2D eigenvalue weighted by Gasteiger charge is 2.45. The molecule has 18 heavy (non-hydrogen) atoms. The number of aliphatic hydroxyl groups is 1. The lowest BCUT2D eigenvalue weighted by Gasteiger charge is -2.18. The van der Waals surface area contributed by atoms with Crippen LogP contribution in [0.4, 0.5) is 13.2 Å². The minimum atomic E-state index is -5.03. The van der Waals surface area contributed by atoms with Gasteiger partial charge in [-0.05, 0) is 17.0 Å². The van der Waals surface area contributed by atoms with Crippen LogP contribution in [0.2, 0.25) is 0 Å². The van der Waals surface area contributed by atoms with E-state index in [9.17, 15) is 23.1 Å². The summed E-state index contributed by atoms with van der Waals surface area (Å²) >= 11 is 1.10. The van der Waals surface area contributed by atoms with E-state index in [1.165, 1.54) is 6.07 Å². The van der Waals surface area contributed by atoms with Gasteiger partial charge in [0.2, 0.25) is 0 Å². The Morgan fingerprint density at radius 2 is 2.17 bits per heavy atom. The number of thiophene rings is 1. The maximum Gasteiger partial charge on any atom is 0.471 e. The third-order valence-electron chi connectivity index (χ3n) is 2.51. The number of hydrogen-bond acceptors (Lipinski definition) is 5. The number of rotatable bonds is 1. The van der Waals surface area contributed by atoms with Crippen molar-refractivity contribution in [3.05, 3.63) is 21.9 Å². The van der Waals surface area contributed by atoms with Crippen molar-refractivity contribution in [2.75, 3.05) is 0 Å². The Morgan fingerprint density at radius 1 is 1.50 bits per heavy atom. The number of amides is 1. The molecule has 1 aliphatic carbocycles. The van der Waals surface area contributed by atoms with E-state index in [2.05, 4.69) is 5.16 Å². The first kappa shape index (κ1) is 12.8. The molecule has 0 bridgehead atoms. The van der Waals surface area contributed by atoms with E-state index in [-0.39, 0.29) is 5.71 Å². The molecule has 2 atom stereocenters. The van der Waals surface area contributed by atoms with E-state index in [4.69, 9.17) is 5.21 Å². The monoisotopic (exact) mass is 280 g/mol. The standard InChI is InChI=1S/C9H7F3N2O3S/c10-9(11,12)8(16)13-4-3-1-2-18-7(3)5(14-17)6(4)15/h1-2,4,6,15,17H,(H,13,16)/b14-5-/t4-,6+/m1/s1. The van der Waals surface area contributed by atoms with E-state index < -0.39 is 24.2 Å². The maximum atomic E-state index is 12.1. The van der Waals surface area contributed by atoms with Gasteiger partial charge in [0.15, 0.2) is 0 Å². The quantitative estimate of drug-likeness (QED) is 0.530. The van der Waals surface area contributed by atoms with Crippen molar-refractivity contribution in [2.45, 2.75) is 18.3 Å². The normalized spacial score (nSPS) is 25.2. The summed E-state index contributed by atoms with van der Waals surface area (Å²) in [5.74, 6) is -2.15. The lowest BCUT2D eigenvalue weighted by Crippen LogP contribution is -2.42. The third kappa shape index (κ3) is 1.95. The Morgan fingerprint density at radius 3 is 2.72 bits per heavy atom. The summed E-state index contributed by atoms with van der Waals surface area (Å²) in [4.78, 5) is 11.2. The van der Waals surface area contributed by atoms with E-state index >= 15 is 0 Å². The van der Waals surface area contributed by atoms with Gasteiger partial charge in [-0.1, -0.05) is 5.16 Å². The molecule has 2 rings (SSSR count). The van der Waals surface area contributed by atoms with Gasteiger partial charge in [0.1, 0.15) is 11.8 Å². The molecule has 1 heterocycles. The van der Waals surface area contributed by atoms with Crippen LogP contribution < -0.4 is 5.32 Å². The summed E-state index contributed by atoms with van der Waals surface area (Å²) in [6.45, 7) is 0. The zero-order chi connectivity index (χ0) is 13.5. The first-order chi connectivity index (χ1) is 8.36. The molecule has 0 saturated heterocycles. The number of alkyl halides is 3. The van der Waals surface area contributed by atoms with Crippen LogP contribution in [-0.4, -0.2) is 34.2 Å². The number of carbonyl (C=O) groups excluding carboxylic acids is 1. The lowest BCUT2D eigenvalue weighted by atomic mass is 10.1. The minimum Gasteiger partial charge on any atom is -0.411 e. The van der Waals surface area contributed by atoms with Crippen molar-refractivity contribution in [1.82, 2.24) is 5.32 Å². The van der Waals surface area contributed by atoms with Gasteiger partial charge in [0.05, 0.1) is 10.9 Å². The number of nitrogens with one attached hydrogen (secondary N) is 1. The predicted octanol–water partition coefficient (Wildman–Crippen LogP) is 1.02. The van der Waals surface area contributed by atoms with Crippen LogP contribution in [0.1, 0.15) is 16.5 Å². The fraction of sp³-hybridized carbons (Fsp3) is 0.333. The summed E-state index contributed by atoms with van der Waals surface area (Å²) in [6.07, 6.45) is -6.53. The van der Waals surface area contributed by atoms with Gasteiger partial charge in [-0.2, -0.15) is 13.2 Å². The number of oxime groups is 1. The fourth-order valence-corrected chi connectivity index (χ4v) is 2.68. The Bertz CT molecular complexity index is 511. The van der Waals surface area contributed by atoms with Crippen molar-refractivity contribution >= 4 is 23.0 Å². The van der Waals surface area contributed by atoms with Crippen LogP contribution >= 0.6 is 11.3 Å². The van der Waals surface area contributed by atoms with E-state index in [1.54, 1.807) is 10.7 Å². The average molecular weight is 280 g/mol. The van der Waals surface area contributed by atoms with Gasteiger partial charge in [-0.15, -0.1) is 11.3 Å². The molecule has 0 saturated carbocycles. The molecule has 0 radical (unpaired) electrons. The first-order valence-electron chi connectivity index (χ1n) is 4.71. The molecule has 5 nitrogen and oxygen atoms in total. The van der Waals surface area contributed by atoms with Crippen molar-refractivity contribution in [2.24, 2.45) is 5.16 Å². The molecular formula is C9H7F3N2O3S. The van der Waals surface area contributed by atoms with Crippen molar-refractivity contribution in [3.8, 4) is 0 Å². The smallest absolute Gasteiger partial charge is 0.411 e. The van der Waals surface area contributed by atoms with Gasteiger partial charge in [0, 0.05) is 0 Å². The molecule has 3 N–H and O–H groups in total. The number of halogens is 3. The molecule has 0 spiro atoms.